The van der Waals surface area contributed by atoms with Crippen LogP contribution in [0.2, 0.25) is 0 Å². The van der Waals surface area contributed by atoms with E-state index in [1.807, 2.05) is 40.0 Å². The molecule has 6 nitrogen and oxygen atoms in total. The molecule has 0 atom stereocenters. The van der Waals surface area contributed by atoms with Crippen LogP contribution in [0.5, 0.6) is 0 Å². The molecule has 2 aromatic rings. The second-order valence-corrected chi connectivity index (χ2v) is 6.70. The smallest absolute Gasteiger partial charge is 0.412 e. The Bertz CT molecular complexity index is 713. The maximum atomic E-state index is 12.0. The van der Waals surface area contributed by atoms with Crippen LogP contribution in [0.1, 0.15) is 26.6 Å². The van der Waals surface area contributed by atoms with Crippen LogP contribution in [0, 0.1) is 6.92 Å². The van der Waals surface area contributed by atoms with Crippen LogP contribution in [-0.4, -0.2) is 32.9 Å². The summed E-state index contributed by atoms with van der Waals surface area (Å²) in [4.78, 5) is 25.1. The Labute approximate surface area is 140 Å². The van der Waals surface area contributed by atoms with E-state index in [4.69, 9.17) is 4.74 Å². The van der Waals surface area contributed by atoms with Crippen molar-refractivity contribution in [1.29, 1.82) is 0 Å². The molecule has 2 aromatic heterocycles. The molecule has 0 aliphatic rings. The first-order valence-corrected chi connectivity index (χ1v) is 8.36. The van der Waals surface area contributed by atoms with Gasteiger partial charge in [0.25, 0.3) is 0 Å². The SMILES string of the molecule is CSc1cc(-c2ncccc2NC(=O)OC(C)(C)C)nc(C)n1. The highest BCUT2D eigenvalue weighted by molar-refractivity contribution is 7.98. The molecule has 0 radical (unpaired) electrons. The first kappa shape index (κ1) is 17.2. The molecular weight excluding hydrogens is 312 g/mol. The van der Waals surface area contributed by atoms with Crippen molar-refractivity contribution in [2.75, 3.05) is 11.6 Å². The maximum absolute atomic E-state index is 12.0. The Balaban J connectivity index is 2.34. The van der Waals surface area contributed by atoms with Gasteiger partial charge in [-0.15, -0.1) is 11.8 Å². The van der Waals surface area contributed by atoms with Crippen molar-refractivity contribution in [3.05, 3.63) is 30.2 Å². The lowest BCUT2D eigenvalue weighted by Gasteiger charge is -2.20. The maximum Gasteiger partial charge on any atom is 0.412 e. The first-order valence-electron chi connectivity index (χ1n) is 7.13. The van der Waals surface area contributed by atoms with Crippen molar-refractivity contribution < 1.29 is 9.53 Å². The van der Waals surface area contributed by atoms with Crippen LogP contribution in [-0.2, 0) is 4.74 Å². The number of aromatic nitrogens is 3. The predicted octanol–water partition coefficient (Wildman–Crippen LogP) is 3.92. The second kappa shape index (κ2) is 6.95. The van der Waals surface area contributed by atoms with Crippen LogP contribution in [0.15, 0.2) is 29.4 Å². The zero-order valence-corrected chi connectivity index (χ0v) is 14.7. The quantitative estimate of drug-likeness (QED) is 0.678. The third-order valence-electron chi connectivity index (χ3n) is 2.71. The molecule has 0 spiro atoms. The molecule has 7 heteroatoms. The molecule has 0 aliphatic carbocycles. The van der Waals surface area contributed by atoms with Crippen molar-refractivity contribution in [2.45, 2.75) is 38.3 Å². The highest BCUT2D eigenvalue weighted by Gasteiger charge is 2.18. The van der Waals surface area contributed by atoms with Crippen LogP contribution in [0.4, 0.5) is 10.5 Å². The Kier molecular flexibility index (Phi) is 5.20. The summed E-state index contributed by atoms with van der Waals surface area (Å²) in [7, 11) is 0. The number of nitrogens with zero attached hydrogens (tertiary/aromatic N) is 3. The fourth-order valence-electron chi connectivity index (χ4n) is 1.89. The van der Waals surface area contributed by atoms with Gasteiger partial charge in [0.05, 0.1) is 11.4 Å². The van der Waals surface area contributed by atoms with Gasteiger partial charge in [0.2, 0.25) is 0 Å². The van der Waals surface area contributed by atoms with E-state index in [2.05, 4.69) is 20.3 Å². The Morgan fingerprint density at radius 3 is 2.70 bits per heavy atom. The summed E-state index contributed by atoms with van der Waals surface area (Å²) in [5.41, 5.74) is 1.23. The van der Waals surface area contributed by atoms with Crippen molar-refractivity contribution in [1.82, 2.24) is 15.0 Å². The van der Waals surface area contributed by atoms with Crippen molar-refractivity contribution >= 4 is 23.5 Å². The molecule has 2 rings (SSSR count). The molecule has 122 valence electrons. The number of carbonyl (C=O) groups excluding carboxylic acids is 1. The number of rotatable bonds is 3. The fraction of sp³-hybridized carbons (Fsp3) is 0.375. The molecule has 0 saturated heterocycles. The minimum Gasteiger partial charge on any atom is -0.444 e. The average molecular weight is 332 g/mol. The fourth-order valence-corrected chi connectivity index (χ4v) is 2.34. The van der Waals surface area contributed by atoms with E-state index < -0.39 is 11.7 Å². The zero-order valence-electron chi connectivity index (χ0n) is 13.9. The first-order chi connectivity index (χ1) is 10.8. The number of carbonyl (C=O) groups is 1. The number of ether oxygens (including phenoxy) is 1. The molecule has 0 unspecified atom stereocenters. The standard InChI is InChI=1S/C16H20N4O2S/c1-10-18-12(9-13(19-10)23-5)14-11(7-6-8-17-14)20-15(21)22-16(2,3)4/h6-9H,1-5H3,(H,20,21). The van der Waals surface area contributed by atoms with Gasteiger partial charge in [-0.1, -0.05) is 0 Å². The summed E-state index contributed by atoms with van der Waals surface area (Å²) in [6, 6.07) is 5.36. The van der Waals surface area contributed by atoms with E-state index in [1.54, 1.807) is 18.3 Å². The average Bonchev–Trinajstić information content (AvgIpc) is 2.45. The van der Waals surface area contributed by atoms with Gasteiger partial charge in [-0.25, -0.2) is 14.8 Å². The molecular formula is C16H20N4O2S. The number of thioether (sulfide) groups is 1. The molecule has 0 aliphatic heterocycles. The van der Waals surface area contributed by atoms with E-state index in [9.17, 15) is 4.79 Å². The van der Waals surface area contributed by atoms with E-state index in [0.29, 0.717) is 22.9 Å². The number of nitrogens with one attached hydrogen (secondary N) is 1. The van der Waals surface area contributed by atoms with Crippen molar-refractivity contribution in [2.24, 2.45) is 0 Å². The lowest BCUT2D eigenvalue weighted by Crippen LogP contribution is -2.27. The van der Waals surface area contributed by atoms with Gasteiger partial charge in [0.1, 0.15) is 22.1 Å². The van der Waals surface area contributed by atoms with E-state index in [-0.39, 0.29) is 0 Å². The molecule has 0 saturated carbocycles. The molecule has 0 aromatic carbocycles. The summed E-state index contributed by atoms with van der Waals surface area (Å²) in [5, 5.41) is 3.58. The molecule has 2 heterocycles. The monoisotopic (exact) mass is 332 g/mol. The van der Waals surface area contributed by atoms with Crippen molar-refractivity contribution in [3.63, 3.8) is 0 Å². The predicted molar refractivity (Wildman–Crippen MR) is 91.6 cm³/mol. The summed E-state index contributed by atoms with van der Waals surface area (Å²) >= 11 is 1.53. The van der Waals surface area contributed by atoms with Crippen LogP contribution < -0.4 is 5.32 Å². The van der Waals surface area contributed by atoms with E-state index in [0.717, 1.165) is 5.03 Å². The lowest BCUT2D eigenvalue weighted by molar-refractivity contribution is 0.0636. The minimum atomic E-state index is -0.565. The summed E-state index contributed by atoms with van der Waals surface area (Å²) < 4.78 is 5.29. The Morgan fingerprint density at radius 2 is 2.04 bits per heavy atom. The Hall–Kier alpha value is -2.15. The lowest BCUT2D eigenvalue weighted by atomic mass is 10.2. The third kappa shape index (κ3) is 4.92. The van der Waals surface area contributed by atoms with Crippen LogP contribution in [0.3, 0.4) is 0 Å². The number of hydrogen-bond acceptors (Lipinski definition) is 6. The largest absolute Gasteiger partial charge is 0.444 e. The third-order valence-corrected chi connectivity index (χ3v) is 3.34. The number of pyridine rings is 1. The van der Waals surface area contributed by atoms with Gasteiger partial charge in [0.15, 0.2) is 0 Å². The zero-order chi connectivity index (χ0) is 17.0. The number of aryl methyl sites for hydroxylation is 1. The summed E-state index contributed by atoms with van der Waals surface area (Å²) in [5.74, 6) is 0.653. The summed E-state index contributed by atoms with van der Waals surface area (Å²) in [6.45, 7) is 7.27. The summed E-state index contributed by atoms with van der Waals surface area (Å²) in [6.07, 6.45) is 3.08. The second-order valence-electron chi connectivity index (χ2n) is 5.87. The van der Waals surface area contributed by atoms with Gasteiger partial charge in [-0.3, -0.25) is 10.3 Å². The topological polar surface area (TPSA) is 77.0 Å². The van der Waals surface area contributed by atoms with Gasteiger partial charge >= 0.3 is 6.09 Å². The molecule has 23 heavy (non-hydrogen) atoms. The van der Waals surface area contributed by atoms with Gasteiger partial charge in [-0.2, -0.15) is 0 Å². The molecule has 1 amide bonds. The van der Waals surface area contributed by atoms with Crippen molar-refractivity contribution in [3.8, 4) is 11.4 Å². The van der Waals surface area contributed by atoms with E-state index >= 15 is 0 Å². The van der Waals surface area contributed by atoms with Crippen LogP contribution in [0.25, 0.3) is 11.4 Å². The Morgan fingerprint density at radius 1 is 1.30 bits per heavy atom. The normalized spacial score (nSPS) is 11.2. The number of hydrogen-bond donors (Lipinski definition) is 1. The molecule has 1 N–H and O–H groups in total. The van der Waals surface area contributed by atoms with Gasteiger partial charge in [-0.05, 0) is 52.1 Å². The highest BCUT2D eigenvalue weighted by Crippen LogP contribution is 2.26. The molecule has 0 bridgehead atoms. The minimum absolute atomic E-state index is 0.525. The highest BCUT2D eigenvalue weighted by atomic mass is 32.2. The van der Waals surface area contributed by atoms with Gasteiger partial charge < -0.3 is 4.74 Å². The number of amides is 1. The molecule has 0 fully saturated rings. The number of anilines is 1. The van der Waals surface area contributed by atoms with Gasteiger partial charge in [0, 0.05) is 6.20 Å². The van der Waals surface area contributed by atoms with Crippen LogP contribution >= 0.6 is 11.8 Å². The van der Waals surface area contributed by atoms with E-state index in [1.165, 1.54) is 11.8 Å².